The van der Waals surface area contributed by atoms with Crippen molar-refractivity contribution in [2.45, 2.75) is 31.6 Å². The minimum atomic E-state index is -0.911. The zero-order chi connectivity index (χ0) is 16.7. The Morgan fingerprint density at radius 1 is 1.17 bits per heavy atom. The quantitative estimate of drug-likeness (QED) is 0.829. The lowest BCUT2D eigenvalue weighted by molar-refractivity contribution is -0.146. The molecular weight excluding hydrogens is 324 g/mol. The molecule has 1 heterocycles. The van der Waals surface area contributed by atoms with Crippen molar-refractivity contribution in [3.63, 3.8) is 0 Å². The Kier molecular flexibility index (Phi) is 3.84. The number of hydrogen-bond donors (Lipinski definition) is 2. The van der Waals surface area contributed by atoms with E-state index in [4.69, 9.17) is 0 Å². The van der Waals surface area contributed by atoms with Crippen molar-refractivity contribution in [1.82, 2.24) is 4.98 Å². The summed E-state index contributed by atoms with van der Waals surface area (Å²) in [7, 11) is 0. The van der Waals surface area contributed by atoms with Crippen LogP contribution in [-0.2, 0) is 9.59 Å². The van der Waals surface area contributed by atoms with Crippen molar-refractivity contribution in [1.29, 1.82) is 0 Å². The SMILES string of the molecule is O=C(O)C1CC=CCC1C(=O)Nc1ccc2nc(C3CC3)sc2c1. The Labute approximate surface area is 143 Å². The fourth-order valence-corrected chi connectivity index (χ4v) is 4.31. The van der Waals surface area contributed by atoms with Crippen LogP contribution >= 0.6 is 11.3 Å². The first kappa shape index (κ1) is 15.3. The summed E-state index contributed by atoms with van der Waals surface area (Å²) in [6, 6.07) is 5.69. The minimum Gasteiger partial charge on any atom is -0.481 e. The molecule has 1 saturated carbocycles. The Balaban J connectivity index is 1.53. The molecule has 2 unspecified atom stereocenters. The standard InChI is InChI=1S/C18H18N2O3S/c21-16(12-3-1-2-4-13(12)18(22)23)19-11-7-8-14-15(9-11)24-17(20-14)10-5-6-10/h1-2,7-10,12-13H,3-6H2,(H,19,21)(H,22,23). The number of rotatable bonds is 4. The van der Waals surface area contributed by atoms with Gasteiger partial charge in [-0.3, -0.25) is 9.59 Å². The predicted octanol–water partition coefficient (Wildman–Crippen LogP) is 3.78. The second-order valence-corrected chi connectivity index (χ2v) is 7.55. The third-order valence-corrected chi connectivity index (χ3v) is 5.87. The molecule has 4 rings (SSSR count). The smallest absolute Gasteiger partial charge is 0.307 e. The van der Waals surface area contributed by atoms with E-state index in [2.05, 4.69) is 10.3 Å². The average Bonchev–Trinajstić information content (AvgIpc) is 3.34. The molecule has 1 aromatic heterocycles. The molecule has 2 N–H and O–H groups in total. The summed E-state index contributed by atoms with van der Waals surface area (Å²) in [6.45, 7) is 0. The summed E-state index contributed by atoms with van der Waals surface area (Å²) < 4.78 is 1.06. The van der Waals surface area contributed by atoms with Gasteiger partial charge in [0, 0.05) is 11.6 Å². The number of aromatic nitrogens is 1. The van der Waals surface area contributed by atoms with Crippen molar-refractivity contribution in [2.24, 2.45) is 11.8 Å². The topological polar surface area (TPSA) is 79.3 Å². The second-order valence-electron chi connectivity index (χ2n) is 6.49. The van der Waals surface area contributed by atoms with Gasteiger partial charge in [0.15, 0.2) is 0 Å². The van der Waals surface area contributed by atoms with E-state index in [0.29, 0.717) is 24.4 Å². The number of carboxylic acids is 1. The molecule has 6 heteroatoms. The van der Waals surface area contributed by atoms with Gasteiger partial charge in [-0.15, -0.1) is 11.3 Å². The molecule has 0 spiro atoms. The molecule has 1 aromatic carbocycles. The van der Waals surface area contributed by atoms with Gasteiger partial charge < -0.3 is 10.4 Å². The lowest BCUT2D eigenvalue weighted by Crippen LogP contribution is -2.34. The molecule has 0 bridgehead atoms. The van der Waals surface area contributed by atoms with Crippen LogP contribution in [0.2, 0.25) is 0 Å². The van der Waals surface area contributed by atoms with Crippen LogP contribution in [0, 0.1) is 11.8 Å². The highest BCUT2D eigenvalue weighted by atomic mass is 32.1. The number of carbonyl (C=O) groups is 2. The van der Waals surface area contributed by atoms with Crippen LogP contribution in [0.25, 0.3) is 10.2 Å². The Morgan fingerprint density at radius 3 is 2.62 bits per heavy atom. The van der Waals surface area contributed by atoms with Crippen LogP contribution < -0.4 is 5.32 Å². The molecule has 0 saturated heterocycles. The van der Waals surface area contributed by atoms with Crippen LogP contribution in [-0.4, -0.2) is 22.0 Å². The van der Waals surface area contributed by atoms with Crippen LogP contribution in [0.5, 0.6) is 0 Å². The van der Waals surface area contributed by atoms with Gasteiger partial charge in [-0.05, 0) is 43.9 Å². The number of fused-ring (bicyclic) bond motifs is 1. The highest BCUT2D eigenvalue weighted by molar-refractivity contribution is 7.18. The first-order valence-corrected chi connectivity index (χ1v) is 9.02. The second kappa shape index (κ2) is 6.02. The van der Waals surface area contributed by atoms with Crippen molar-refractivity contribution in [2.75, 3.05) is 5.32 Å². The monoisotopic (exact) mass is 342 g/mol. The highest BCUT2D eigenvalue weighted by Crippen LogP contribution is 2.43. The fraction of sp³-hybridized carbons (Fsp3) is 0.389. The maximum absolute atomic E-state index is 12.5. The van der Waals surface area contributed by atoms with Crippen molar-refractivity contribution < 1.29 is 14.7 Å². The molecule has 1 fully saturated rings. The van der Waals surface area contributed by atoms with Gasteiger partial charge in [0.2, 0.25) is 5.91 Å². The van der Waals surface area contributed by atoms with Crippen molar-refractivity contribution >= 4 is 39.1 Å². The normalized spacial score (nSPS) is 23.3. The number of anilines is 1. The number of carboxylic acid groups (broad SMARTS) is 1. The molecule has 0 aliphatic heterocycles. The zero-order valence-corrected chi connectivity index (χ0v) is 13.9. The molecule has 2 aliphatic carbocycles. The first-order chi connectivity index (χ1) is 11.6. The highest BCUT2D eigenvalue weighted by Gasteiger charge is 2.34. The fourth-order valence-electron chi connectivity index (χ4n) is 3.14. The van der Waals surface area contributed by atoms with Crippen LogP contribution in [0.4, 0.5) is 5.69 Å². The van der Waals surface area contributed by atoms with E-state index >= 15 is 0 Å². The predicted molar refractivity (Wildman–Crippen MR) is 93.2 cm³/mol. The number of thiazole rings is 1. The van der Waals surface area contributed by atoms with E-state index in [-0.39, 0.29) is 5.91 Å². The van der Waals surface area contributed by atoms with Crippen LogP contribution in [0.1, 0.15) is 36.6 Å². The van der Waals surface area contributed by atoms with Gasteiger partial charge in [0.1, 0.15) is 0 Å². The van der Waals surface area contributed by atoms with Gasteiger partial charge in [-0.25, -0.2) is 4.98 Å². The van der Waals surface area contributed by atoms with E-state index in [1.165, 1.54) is 17.8 Å². The first-order valence-electron chi connectivity index (χ1n) is 8.21. The molecule has 2 aliphatic rings. The van der Waals surface area contributed by atoms with Crippen molar-refractivity contribution in [3.8, 4) is 0 Å². The molecule has 5 nitrogen and oxygen atoms in total. The summed E-state index contributed by atoms with van der Waals surface area (Å²) in [5.41, 5.74) is 1.67. The third-order valence-electron chi connectivity index (χ3n) is 4.69. The number of benzene rings is 1. The number of allylic oxidation sites excluding steroid dienone is 2. The molecule has 2 aromatic rings. The summed E-state index contributed by atoms with van der Waals surface area (Å²) in [5, 5.41) is 13.4. The molecule has 2 atom stereocenters. The Morgan fingerprint density at radius 2 is 1.92 bits per heavy atom. The largest absolute Gasteiger partial charge is 0.481 e. The number of carbonyl (C=O) groups excluding carboxylic acids is 1. The summed E-state index contributed by atoms with van der Waals surface area (Å²) in [5.74, 6) is -1.69. The van der Waals surface area contributed by atoms with Crippen LogP contribution in [0.15, 0.2) is 30.4 Å². The molecular formula is C18H18N2O3S. The number of amides is 1. The van der Waals surface area contributed by atoms with E-state index in [1.54, 1.807) is 11.3 Å². The van der Waals surface area contributed by atoms with Gasteiger partial charge in [-0.2, -0.15) is 0 Å². The lowest BCUT2D eigenvalue weighted by Gasteiger charge is -2.24. The van der Waals surface area contributed by atoms with Crippen molar-refractivity contribution in [3.05, 3.63) is 35.4 Å². The molecule has 0 radical (unpaired) electrons. The lowest BCUT2D eigenvalue weighted by atomic mass is 9.82. The zero-order valence-electron chi connectivity index (χ0n) is 13.1. The molecule has 124 valence electrons. The van der Waals surface area contributed by atoms with Gasteiger partial charge in [0.05, 0.1) is 27.1 Å². The third kappa shape index (κ3) is 2.94. The van der Waals surface area contributed by atoms with Gasteiger partial charge in [-0.1, -0.05) is 12.2 Å². The summed E-state index contributed by atoms with van der Waals surface area (Å²) >= 11 is 1.68. The molecule has 1 amide bonds. The van der Waals surface area contributed by atoms with E-state index in [9.17, 15) is 14.7 Å². The summed E-state index contributed by atoms with van der Waals surface area (Å²) in [6.07, 6.45) is 7.04. The van der Waals surface area contributed by atoms with Gasteiger partial charge >= 0.3 is 5.97 Å². The van der Waals surface area contributed by atoms with E-state index in [0.717, 1.165) is 10.2 Å². The number of hydrogen-bond acceptors (Lipinski definition) is 4. The number of aliphatic carboxylic acids is 1. The number of nitrogens with one attached hydrogen (secondary N) is 1. The number of nitrogens with zero attached hydrogens (tertiary/aromatic N) is 1. The maximum atomic E-state index is 12.5. The van der Waals surface area contributed by atoms with Gasteiger partial charge in [0.25, 0.3) is 0 Å². The minimum absolute atomic E-state index is 0.224. The van der Waals surface area contributed by atoms with Crippen LogP contribution in [0.3, 0.4) is 0 Å². The Hall–Kier alpha value is -2.21. The maximum Gasteiger partial charge on any atom is 0.307 e. The average molecular weight is 342 g/mol. The van der Waals surface area contributed by atoms with E-state index < -0.39 is 17.8 Å². The van der Waals surface area contributed by atoms with E-state index in [1.807, 2.05) is 30.4 Å². The molecule has 24 heavy (non-hydrogen) atoms. The Bertz CT molecular complexity index is 838. The summed E-state index contributed by atoms with van der Waals surface area (Å²) in [4.78, 5) is 28.5.